The highest BCUT2D eigenvalue weighted by Crippen LogP contribution is 2.31. The molecule has 1 N–H and O–H groups in total. The summed E-state index contributed by atoms with van der Waals surface area (Å²) in [4.78, 5) is 0. The Labute approximate surface area is 131 Å². The van der Waals surface area contributed by atoms with E-state index < -0.39 is 11.9 Å². The Kier molecular flexibility index (Phi) is 5.20. The number of methoxy groups -OCH3 is 2. The average Bonchev–Trinajstić information content (AvgIpc) is 2.49. The van der Waals surface area contributed by atoms with Gasteiger partial charge >= 0.3 is 0 Å². The van der Waals surface area contributed by atoms with Crippen molar-refractivity contribution in [3.63, 3.8) is 0 Å². The molecule has 1 atom stereocenters. The molecule has 0 saturated carbocycles. The van der Waals surface area contributed by atoms with E-state index in [1.54, 1.807) is 43.5 Å². The lowest BCUT2D eigenvalue weighted by Gasteiger charge is -2.15. The zero-order valence-electron chi connectivity index (χ0n) is 11.8. The largest absolute Gasteiger partial charge is 0.497 e. The van der Waals surface area contributed by atoms with Crippen LogP contribution in [0.5, 0.6) is 11.5 Å². The van der Waals surface area contributed by atoms with Crippen molar-refractivity contribution in [2.24, 2.45) is 0 Å². The van der Waals surface area contributed by atoms with E-state index in [0.717, 1.165) is 4.47 Å². The van der Waals surface area contributed by atoms with Gasteiger partial charge in [-0.05, 0) is 35.4 Å². The van der Waals surface area contributed by atoms with Gasteiger partial charge < -0.3 is 14.6 Å². The Morgan fingerprint density at radius 3 is 2.62 bits per heavy atom. The van der Waals surface area contributed by atoms with Crippen LogP contribution in [0.3, 0.4) is 0 Å². The van der Waals surface area contributed by atoms with Gasteiger partial charge in [0.2, 0.25) is 0 Å². The SMILES string of the molecule is COc1ccc(Br)c(C(O)Cc2cccc(OC)c2F)c1. The summed E-state index contributed by atoms with van der Waals surface area (Å²) >= 11 is 3.39. The lowest BCUT2D eigenvalue weighted by atomic mass is 10.0. The van der Waals surface area contributed by atoms with Crippen LogP contribution in [0.2, 0.25) is 0 Å². The topological polar surface area (TPSA) is 38.7 Å². The number of halogens is 2. The Morgan fingerprint density at radius 2 is 1.95 bits per heavy atom. The Hall–Kier alpha value is -1.59. The van der Waals surface area contributed by atoms with Crippen molar-refractivity contribution in [2.75, 3.05) is 14.2 Å². The van der Waals surface area contributed by atoms with Crippen LogP contribution in [0.4, 0.5) is 4.39 Å². The standard InChI is InChI=1S/C16H16BrFO3/c1-20-11-6-7-13(17)12(9-11)14(19)8-10-4-3-5-15(21-2)16(10)18/h3-7,9,14,19H,8H2,1-2H3. The van der Waals surface area contributed by atoms with Crippen molar-refractivity contribution >= 4 is 15.9 Å². The fourth-order valence-corrected chi connectivity index (χ4v) is 2.60. The zero-order chi connectivity index (χ0) is 15.4. The highest BCUT2D eigenvalue weighted by Gasteiger charge is 2.17. The first-order chi connectivity index (χ1) is 10.1. The maximum absolute atomic E-state index is 14.1. The van der Waals surface area contributed by atoms with E-state index in [2.05, 4.69) is 15.9 Å². The van der Waals surface area contributed by atoms with Crippen molar-refractivity contribution in [3.05, 3.63) is 57.8 Å². The first kappa shape index (κ1) is 15.8. The van der Waals surface area contributed by atoms with Crippen molar-refractivity contribution in [3.8, 4) is 11.5 Å². The molecule has 21 heavy (non-hydrogen) atoms. The maximum atomic E-state index is 14.1. The van der Waals surface area contributed by atoms with Gasteiger partial charge in [-0.25, -0.2) is 4.39 Å². The van der Waals surface area contributed by atoms with Gasteiger partial charge in [0.1, 0.15) is 5.75 Å². The lowest BCUT2D eigenvalue weighted by Crippen LogP contribution is -2.05. The molecule has 0 heterocycles. The number of hydrogen-bond donors (Lipinski definition) is 1. The van der Waals surface area contributed by atoms with E-state index in [1.165, 1.54) is 7.11 Å². The second-order valence-electron chi connectivity index (χ2n) is 4.54. The summed E-state index contributed by atoms with van der Waals surface area (Å²) in [5.74, 6) is 0.362. The van der Waals surface area contributed by atoms with Crippen molar-refractivity contribution in [2.45, 2.75) is 12.5 Å². The number of aliphatic hydroxyl groups excluding tert-OH is 1. The van der Waals surface area contributed by atoms with E-state index in [9.17, 15) is 9.50 Å². The predicted octanol–water partition coefficient (Wildman–Crippen LogP) is 3.88. The Morgan fingerprint density at radius 1 is 1.19 bits per heavy atom. The number of rotatable bonds is 5. The second kappa shape index (κ2) is 6.91. The number of benzene rings is 2. The van der Waals surface area contributed by atoms with E-state index >= 15 is 0 Å². The molecule has 1 unspecified atom stereocenters. The molecule has 0 aliphatic heterocycles. The Bertz CT molecular complexity index is 631. The maximum Gasteiger partial charge on any atom is 0.168 e. The van der Waals surface area contributed by atoms with Crippen molar-refractivity contribution in [1.82, 2.24) is 0 Å². The number of ether oxygens (including phenoxy) is 2. The molecule has 2 aromatic rings. The van der Waals surface area contributed by atoms with Crippen molar-refractivity contribution < 1.29 is 19.0 Å². The monoisotopic (exact) mass is 354 g/mol. The molecule has 0 radical (unpaired) electrons. The Balaban J connectivity index is 2.28. The summed E-state index contributed by atoms with van der Waals surface area (Å²) in [6.07, 6.45) is -0.703. The number of aliphatic hydroxyl groups is 1. The summed E-state index contributed by atoms with van der Waals surface area (Å²) in [7, 11) is 2.97. The van der Waals surface area contributed by atoms with Gasteiger partial charge in [0, 0.05) is 10.9 Å². The molecule has 5 heteroatoms. The third-order valence-corrected chi connectivity index (χ3v) is 3.96. The third kappa shape index (κ3) is 3.54. The van der Waals surface area contributed by atoms with Crippen molar-refractivity contribution in [1.29, 1.82) is 0 Å². The zero-order valence-corrected chi connectivity index (χ0v) is 13.4. The normalized spacial score (nSPS) is 12.0. The summed E-state index contributed by atoms with van der Waals surface area (Å²) in [5.41, 5.74) is 1.05. The van der Waals surface area contributed by atoms with E-state index in [0.29, 0.717) is 16.9 Å². The molecule has 0 bridgehead atoms. The highest BCUT2D eigenvalue weighted by atomic mass is 79.9. The molecular formula is C16H16BrFO3. The molecule has 3 nitrogen and oxygen atoms in total. The first-order valence-corrected chi connectivity index (χ1v) is 7.19. The molecule has 0 saturated heterocycles. The smallest absolute Gasteiger partial charge is 0.168 e. The lowest BCUT2D eigenvalue weighted by molar-refractivity contribution is 0.175. The predicted molar refractivity (Wildman–Crippen MR) is 82.3 cm³/mol. The fraction of sp³-hybridized carbons (Fsp3) is 0.250. The molecular weight excluding hydrogens is 339 g/mol. The van der Waals surface area contributed by atoms with Crippen LogP contribution in [-0.2, 0) is 6.42 Å². The summed E-state index contributed by atoms with van der Waals surface area (Å²) in [6, 6.07) is 10.2. The minimum Gasteiger partial charge on any atom is -0.497 e. The summed E-state index contributed by atoms with van der Waals surface area (Å²) < 4.78 is 25.0. The van der Waals surface area contributed by atoms with Gasteiger partial charge in [-0.15, -0.1) is 0 Å². The number of hydrogen-bond acceptors (Lipinski definition) is 3. The van der Waals surface area contributed by atoms with Gasteiger partial charge in [0.25, 0.3) is 0 Å². The van der Waals surface area contributed by atoms with Gasteiger partial charge in [0.15, 0.2) is 11.6 Å². The highest BCUT2D eigenvalue weighted by molar-refractivity contribution is 9.10. The average molecular weight is 355 g/mol. The molecule has 0 aliphatic carbocycles. The molecule has 2 rings (SSSR count). The first-order valence-electron chi connectivity index (χ1n) is 6.39. The van der Waals surface area contributed by atoms with Crippen LogP contribution >= 0.6 is 15.9 Å². The molecule has 0 fully saturated rings. The van der Waals surface area contributed by atoms with Crippen LogP contribution in [-0.4, -0.2) is 19.3 Å². The fourth-order valence-electron chi connectivity index (χ4n) is 2.09. The van der Waals surface area contributed by atoms with E-state index in [-0.39, 0.29) is 12.2 Å². The quantitative estimate of drug-likeness (QED) is 0.885. The third-order valence-electron chi connectivity index (χ3n) is 3.24. The van der Waals surface area contributed by atoms with Crippen LogP contribution in [0.15, 0.2) is 40.9 Å². The van der Waals surface area contributed by atoms with E-state index in [1.807, 2.05) is 0 Å². The summed E-state index contributed by atoms with van der Waals surface area (Å²) in [5, 5.41) is 10.4. The van der Waals surface area contributed by atoms with Crippen LogP contribution in [0.25, 0.3) is 0 Å². The molecule has 112 valence electrons. The van der Waals surface area contributed by atoms with Gasteiger partial charge in [-0.3, -0.25) is 0 Å². The second-order valence-corrected chi connectivity index (χ2v) is 5.40. The summed E-state index contributed by atoms with van der Waals surface area (Å²) in [6.45, 7) is 0. The van der Waals surface area contributed by atoms with Gasteiger partial charge in [-0.1, -0.05) is 28.1 Å². The molecule has 0 aliphatic rings. The molecule has 2 aromatic carbocycles. The molecule has 0 spiro atoms. The van der Waals surface area contributed by atoms with Gasteiger partial charge in [-0.2, -0.15) is 0 Å². The van der Waals surface area contributed by atoms with Crippen LogP contribution in [0.1, 0.15) is 17.2 Å². The van der Waals surface area contributed by atoms with Crippen LogP contribution in [0, 0.1) is 5.82 Å². The molecule has 0 amide bonds. The minimum absolute atomic E-state index is 0.148. The minimum atomic E-state index is -0.851. The van der Waals surface area contributed by atoms with Gasteiger partial charge in [0.05, 0.1) is 20.3 Å². The molecule has 0 aromatic heterocycles. The van der Waals surface area contributed by atoms with Crippen LogP contribution < -0.4 is 9.47 Å². The van der Waals surface area contributed by atoms with E-state index in [4.69, 9.17) is 9.47 Å².